The van der Waals surface area contributed by atoms with Crippen molar-refractivity contribution in [3.63, 3.8) is 0 Å². The average molecular weight is 623 g/mol. The first-order chi connectivity index (χ1) is 21.5. The van der Waals surface area contributed by atoms with E-state index in [1.54, 1.807) is 19.2 Å². The minimum absolute atomic E-state index is 0.000221. The van der Waals surface area contributed by atoms with Gasteiger partial charge in [-0.15, -0.1) is 0 Å². The highest BCUT2D eigenvalue weighted by molar-refractivity contribution is 5.80. The maximum atomic E-state index is 14.9. The lowest BCUT2D eigenvalue weighted by Crippen LogP contribution is -2.56. The van der Waals surface area contributed by atoms with Crippen LogP contribution in [0.25, 0.3) is 11.3 Å². The van der Waals surface area contributed by atoms with E-state index in [0.717, 1.165) is 30.2 Å². The predicted octanol–water partition coefficient (Wildman–Crippen LogP) is 3.30. The van der Waals surface area contributed by atoms with Gasteiger partial charge in [0.15, 0.2) is 6.10 Å². The highest BCUT2D eigenvalue weighted by Gasteiger charge is 2.48. The molecule has 12 nitrogen and oxygen atoms in total. The number of methoxy groups -OCH3 is 1. The number of halogens is 2. The summed E-state index contributed by atoms with van der Waals surface area (Å²) in [6.07, 6.45) is -1.70. The van der Waals surface area contributed by atoms with Gasteiger partial charge >= 0.3 is 5.92 Å². The van der Waals surface area contributed by atoms with Crippen LogP contribution in [0.4, 0.5) is 26.1 Å². The summed E-state index contributed by atoms with van der Waals surface area (Å²) in [5.74, 6) is -2.68. The number of amides is 1. The van der Waals surface area contributed by atoms with Crippen molar-refractivity contribution in [2.75, 3.05) is 57.1 Å². The lowest BCUT2D eigenvalue weighted by Gasteiger charge is -2.39. The molecule has 3 aromatic rings. The van der Waals surface area contributed by atoms with E-state index < -0.39 is 30.6 Å². The van der Waals surface area contributed by atoms with Crippen LogP contribution in [0, 0.1) is 11.3 Å². The highest BCUT2D eigenvalue weighted by atomic mass is 19.3. The molecule has 0 spiro atoms. The Morgan fingerprint density at radius 2 is 1.98 bits per heavy atom. The molecular weight excluding hydrogens is 586 g/mol. The summed E-state index contributed by atoms with van der Waals surface area (Å²) in [5.41, 5.74) is 2.01. The number of carbonyl (C=O) groups is 1. The lowest BCUT2D eigenvalue weighted by molar-refractivity contribution is -0.165. The van der Waals surface area contributed by atoms with E-state index in [2.05, 4.69) is 44.0 Å². The largest absolute Gasteiger partial charge is 0.483 e. The summed E-state index contributed by atoms with van der Waals surface area (Å²) < 4.78 is 41.0. The van der Waals surface area contributed by atoms with E-state index in [9.17, 15) is 23.9 Å². The molecule has 45 heavy (non-hydrogen) atoms. The van der Waals surface area contributed by atoms with Gasteiger partial charge in [-0.2, -0.15) is 10.2 Å². The first kappa shape index (κ1) is 31.8. The van der Waals surface area contributed by atoms with Gasteiger partial charge in [-0.25, -0.2) is 18.7 Å². The third kappa shape index (κ3) is 7.05. The van der Waals surface area contributed by atoms with E-state index in [-0.39, 0.29) is 24.3 Å². The molecule has 2 aliphatic rings. The van der Waals surface area contributed by atoms with Crippen LogP contribution < -0.4 is 19.7 Å². The topological polar surface area (TPSA) is 140 Å². The van der Waals surface area contributed by atoms with Crippen molar-refractivity contribution < 1.29 is 28.2 Å². The fourth-order valence-electron chi connectivity index (χ4n) is 5.43. The van der Waals surface area contributed by atoms with Crippen molar-refractivity contribution in [3.8, 4) is 29.0 Å². The summed E-state index contributed by atoms with van der Waals surface area (Å²) >= 11 is 0. The molecule has 0 radical (unpaired) electrons. The number of ether oxygens (including phenoxy) is 2. The number of hydrogen-bond donors (Lipinski definition) is 2. The van der Waals surface area contributed by atoms with Crippen molar-refractivity contribution in [1.29, 1.82) is 5.26 Å². The number of aliphatic hydroxyl groups is 1. The van der Waals surface area contributed by atoms with E-state index in [1.165, 1.54) is 25.4 Å². The van der Waals surface area contributed by atoms with Gasteiger partial charge in [0.2, 0.25) is 5.88 Å². The molecule has 5 rings (SSSR count). The third-order valence-corrected chi connectivity index (χ3v) is 8.13. The molecule has 1 amide bonds. The third-order valence-electron chi connectivity index (χ3n) is 8.13. The maximum Gasteiger partial charge on any atom is 0.301 e. The Labute approximate surface area is 260 Å². The summed E-state index contributed by atoms with van der Waals surface area (Å²) in [5, 5.41) is 22.5. The molecule has 14 heteroatoms. The van der Waals surface area contributed by atoms with Gasteiger partial charge < -0.3 is 34.6 Å². The zero-order valence-electron chi connectivity index (χ0n) is 25.6. The van der Waals surface area contributed by atoms with Crippen LogP contribution in [0.15, 0.2) is 42.7 Å². The van der Waals surface area contributed by atoms with Gasteiger partial charge in [0, 0.05) is 50.3 Å². The number of aliphatic hydroxyl groups excluding tert-OH is 1. The molecule has 4 heterocycles. The maximum absolute atomic E-state index is 14.9. The summed E-state index contributed by atoms with van der Waals surface area (Å²) in [4.78, 5) is 30.7. The minimum Gasteiger partial charge on any atom is -0.483 e. The number of alkyl halides is 2. The number of aromatic nitrogens is 3. The second-order valence-corrected chi connectivity index (χ2v) is 11.3. The average Bonchev–Trinajstić information content (AvgIpc) is 3.03. The number of hydrogen-bond acceptors (Lipinski definition) is 11. The Morgan fingerprint density at radius 1 is 1.18 bits per heavy atom. The molecule has 0 bridgehead atoms. The van der Waals surface area contributed by atoms with Crippen LogP contribution in [-0.2, 0) is 4.79 Å². The van der Waals surface area contributed by atoms with Crippen molar-refractivity contribution in [1.82, 2.24) is 24.8 Å². The van der Waals surface area contributed by atoms with Gasteiger partial charge in [0.05, 0.1) is 24.9 Å². The van der Waals surface area contributed by atoms with Crippen molar-refractivity contribution in [2.24, 2.45) is 0 Å². The highest BCUT2D eigenvalue weighted by Crippen LogP contribution is 2.35. The van der Waals surface area contributed by atoms with Crippen LogP contribution in [0.2, 0.25) is 0 Å². The first-order valence-corrected chi connectivity index (χ1v) is 14.6. The quantitative estimate of drug-likeness (QED) is 0.383. The number of pyridine rings is 1. The number of likely N-dealkylation sites (tertiary alicyclic amines) is 1. The molecule has 3 atom stereocenters. The molecule has 1 aromatic carbocycles. The number of nitriles is 1. The Hall–Kier alpha value is -4.61. The zero-order chi connectivity index (χ0) is 32.3. The molecule has 0 aliphatic carbocycles. The fourth-order valence-corrected chi connectivity index (χ4v) is 5.43. The Kier molecular flexibility index (Phi) is 9.31. The summed E-state index contributed by atoms with van der Waals surface area (Å²) in [7, 11) is 3.70. The first-order valence-electron chi connectivity index (χ1n) is 14.6. The molecule has 2 fully saturated rings. The standard InChI is InChI=1S/C31H36F2N8O4/c1-19-16-40(12-11-39(19)3)24-6-8-27(38-29(24)44-4)37-28-14-23(35-18-36-28)21-5-7-25(22(13-21)15-34)45-26-9-10-41(17-31(26,32)33)30(43)20(2)42/h5-8,13-14,18-20,26,42H,9-12,16-17H2,1-4H3,(H,35,36,37,38)/t19-,20?,26?/m1/s1. The zero-order valence-corrected chi connectivity index (χ0v) is 25.6. The molecule has 2 N–H and O–H groups in total. The number of rotatable bonds is 8. The molecule has 0 saturated carbocycles. The Balaban J connectivity index is 1.30. The second kappa shape index (κ2) is 13.2. The molecule has 2 aromatic heterocycles. The number of benzene rings is 1. The van der Waals surface area contributed by atoms with Gasteiger partial charge in [0.1, 0.15) is 41.6 Å². The van der Waals surface area contributed by atoms with Crippen LogP contribution in [-0.4, -0.2) is 107 Å². The van der Waals surface area contributed by atoms with Crippen molar-refractivity contribution >= 4 is 23.2 Å². The molecule has 238 valence electrons. The number of piperazine rings is 1. The Bertz CT molecular complexity index is 1580. The molecule has 2 aliphatic heterocycles. The summed E-state index contributed by atoms with van der Waals surface area (Å²) in [6, 6.07) is 12.5. The number of nitrogens with one attached hydrogen (secondary N) is 1. The minimum atomic E-state index is -3.38. The number of likely N-dealkylation sites (N-methyl/N-ethyl adjacent to an activating group) is 1. The van der Waals surface area contributed by atoms with E-state index >= 15 is 0 Å². The number of carbonyl (C=O) groups excluding carboxylic acids is 1. The normalized spacial score (nSPS) is 20.7. The SMILES string of the molecule is COc1nc(Nc2cc(-c3ccc(OC4CCN(C(=O)C(C)O)CC4(F)F)c(C#N)c3)ncn2)ccc1N1CCN(C)[C@H](C)C1. The molecule has 2 unspecified atom stereocenters. The van der Waals surface area contributed by atoms with Crippen LogP contribution in [0.5, 0.6) is 11.6 Å². The van der Waals surface area contributed by atoms with Gasteiger partial charge in [-0.3, -0.25) is 4.79 Å². The fraction of sp³-hybridized carbons (Fsp3) is 0.452. The second-order valence-electron chi connectivity index (χ2n) is 11.3. The lowest BCUT2D eigenvalue weighted by atomic mass is 10.0. The van der Waals surface area contributed by atoms with E-state index in [0.29, 0.717) is 34.8 Å². The van der Waals surface area contributed by atoms with E-state index in [1.807, 2.05) is 18.2 Å². The van der Waals surface area contributed by atoms with Crippen LogP contribution >= 0.6 is 0 Å². The van der Waals surface area contributed by atoms with Crippen molar-refractivity contribution in [2.45, 2.75) is 44.4 Å². The van der Waals surface area contributed by atoms with Gasteiger partial charge in [-0.1, -0.05) is 0 Å². The van der Waals surface area contributed by atoms with Crippen LogP contribution in [0.3, 0.4) is 0 Å². The summed E-state index contributed by atoms with van der Waals surface area (Å²) in [6.45, 7) is 5.20. The number of nitrogens with zero attached hydrogens (tertiary/aromatic N) is 7. The smallest absolute Gasteiger partial charge is 0.301 e. The number of anilines is 3. The van der Waals surface area contributed by atoms with Crippen LogP contribution in [0.1, 0.15) is 25.8 Å². The molecular formula is C31H36F2N8O4. The Morgan fingerprint density at radius 3 is 2.67 bits per heavy atom. The van der Waals surface area contributed by atoms with Gasteiger partial charge in [-0.05, 0) is 51.2 Å². The van der Waals surface area contributed by atoms with Gasteiger partial charge in [0.25, 0.3) is 5.91 Å². The monoisotopic (exact) mass is 622 g/mol. The predicted molar refractivity (Wildman–Crippen MR) is 163 cm³/mol. The van der Waals surface area contributed by atoms with E-state index in [4.69, 9.17) is 9.47 Å². The number of piperidine rings is 1. The van der Waals surface area contributed by atoms with Crippen molar-refractivity contribution in [3.05, 3.63) is 48.3 Å². The molecule has 2 saturated heterocycles.